The summed E-state index contributed by atoms with van der Waals surface area (Å²) in [7, 11) is 0. The van der Waals surface area contributed by atoms with E-state index >= 15 is 0 Å². The fourth-order valence-corrected chi connectivity index (χ4v) is 3.16. The van der Waals surface area contributed by atoms with Crippen LogP contribution in [0, 0.1) is 5.92 Å². The summed E-state index contributed by atoms with van der Waals surface area (Å²) in [5, 5.41) is 11.1. The molecule has 0 spiro atoms. The van der Waals surface area contributed by atoms with Crippen molar-refractivity contribution >= 4 is 11.6 Å². The van der Waals surface area contributed by atoms with Crippen molar-refractivity contribution in [2.45, 2.75) is 45.2 Å². The van der Waals surface area contributed by atoms with Gasteiger partial charge < -0.3 is 15.6 Å². The molecule has 1 aromatic carbocycles. The maximum Gasteiger partial charge on any atom is 0.227 e. The number of anilines is 1. The Bertz CT molecular complexity index is 681. The molecule has 1 aliphatic rings. The minimum Gasteiger partial charge on any atom is -0.328 e. The second kappa shape index (κ2) is 6.91. The van der Waals surface area contributed by atoms with E-state index in [9.17, 15) is 4.79 Å². The molecule has 3 N–H and O–H groups in total. The summed E-state index contributed by atoms with van der Waals surface area (Å²) in [5.41, 5.74) is 7.71. The van der Waals surface area contributed by atoms with Crippen LogP contribution in [0.1, 0.15) is 32.6 Å². The first-order valence-corrected chi connectivity index (χ1v) is 8.22. The number of benzene rings is 1. The summed E-state index contributed by atoms with van der Waals surface area (Å²) in [6, 6.07) is 7.89. The Morgan fingerprint density at radius 2 is 2.30 bits per heavy atom. The highest BCUT2D eigenvalue weighted by Gasteiger charge is 2.25. The molecule has 23 heavy (non-hydrogen) atoms. The molecule has 0 aliphatic heterocycles. The first-order valence-electron chi connectivity index (χ1n) is 8.22. The standard InChI is InChI=1S/C17H23N5O/c1-2-22-11-19-21-16(22)12-5-4-8-15(10-12)20-17(23)13-6-3-7-14(18)9-13/h4-5,8,10-11,13-14H,2-3,6-7,9,18H2,1H3,(H,20,23). The van der Waals surface area contributed by atoms with Gasteiger partial charge in [-0.2, -0.15) is 0 Å². The van der Waals surface area contributed by atoms with Crippen LogP contribution in [-0.2, 0) is 11.3 Å². The van der Waals surface area contributed by atoms with Crippen molar-refractivity contribution < 1.29 is 4.79 Å². The molecule has 122 valence electrons. The van der Waals surface area contributed by atoms with Crippen LogP contribution in [0.5, 0.6) is 0 Å². The van der Waals surface area contributed by atoms with E-state index in [1.54, 1.807) is 6.33 Å². The van der Waals surface area contributed by atoms with E-state index in [1.165, 1.54) is 0 Å². The number of nitrogens with zero attached hydrogens (tertiary/aromatic N) is 3. The third-order valence-electron chi connectivity index (χ3n) is 4.43. The number of carbonyl (C=O) groups is 1. The van der Waals surface area contributed by atoms with Gasteiger partial charge in [0.2, 0.25) is 5.91 Å². The first-order chi connectivity index (χ1) is 11.2. The van der Waals surface area contributed by atoms with Crippen LogP contribution in [0.15, 0.2) is 30.6 Å². The highest BCUT2D eigenvalue weighted by molar-refractivity contribution is 5.93. The Hall–Kier alpha value is -2.21. The number of hydrogen-bond acceptors (Lipinski definition) is 4. The van der Waals surface area contributed by atoms with E-state index in [2.05, 4.69) is 15.5 Å². The number of hydrogen-bond donors (Lipinski definition) is 2. The molecule has 0 bridgehead atoms. The summed E-state index contributed by atoms with van der Waals surface area (Å²) >= 11 is 0. The van der Waals surface area contributed by atoms with Crippen LogP contribution in [0.25, 0.3) is 11.4 Å². The molecule has 2 unspecified atom stereocenters. The molecule has 1 heterocycles. The number of rotatable bonds is 4. The SMILES string of the molecule is CCn1cnnc1-c1cccc(NC(=O)C2CCCC(N)C2)c1. The Labute approximate surface area is 136 Å². The summed E-state index contributed by atoms with van der Waals surface area (Å²) < 4.78 is 1.97. The molecule has 6 heteroatoms. The van der Waals surface area contributed by atoms with Crippen LogP contribution in [0.3, 0.4) is 0 Å². The van der Waals surface area contributed by atoms with E-state index in [1.807, 2.05) is 35.8 Å². The molecule has 2 atom stereocenters. The van der Waals surface area contributed by atoms with Gasteiger partial charge in [0.15, 0.2) is 5.82 Å². The normalized spacial score (nSPS) is 21.1. The lowest BCUT2D eigenvalue weighted by Gasteiger charge is -2.25. The molecule has 3 rings (SSSR count). The Morgan fingerprint density at radius 1 is 1.43 bits per heavy atom. The number of nitrogens with one attached hydrogen (secondary N) is 1. The van der Waals surface area contributed by atoms with Gasteiger partial charge in [0.05, 0.1) is 0 Å². The average molecular weight is 313 g/mol. The average Bonchev–Trinajstić information content (AvgIpc) is 3.04. The van der Waals surface area contributed by atoms with Crippen molar-refractivity contribution in [3.05, 3.63) is 30.6 Å². The Morgan fingerprint density at radius 3 is 3.09 bits per heavy atom. The number of carbonyl (C=O) groups excluding carboxylic acids is 1. The second-order valence-electron chi connectivity index (χ2n) is 6.13. The van der Waals surface area contributed by atoms with E-state index in [0.717, 1.165) is 49.3 Å². The fourth-order valence-electron chi connectivity index (χ4n) is 3.16. The number of nitrogens with two attached hydrogens (primary N) is 1. The smallest absolute Gasteiger partial charge is 0.227 e. The van der Waals surface area contributed by atoms with E-state index in [-0.39, 0.29) is 17.9 Å². The van der Waals surface area contributed by atoms with Gasteiger partial charge in [0, 0.05) is 29.8 Å². The summed E-state index contributed by atoms with van der Waals surface area (Å²) in [5.74, 6) is 0.888. The van der Waals surface area contributed by atoms with Crippen molar-refractivity contribution in [3.63, 3.8) is 0 Å². The van der Waals surface area contributed by atoms with Crippen LogP contribution >= 0.6 is 0 Å². The Balaban J connectivity index is 1.74. The molecule has 6 nitrogen and oxygen atoms in total. The van der Waals surface area contributed by atoms with Crippen LogP contribution in [-0.4, -0.2) is 26.7 Å². The summed E-state index contributed by atoms with van der Waals surface area (Å²) in [4.78, 5) is 12.4. The van der Waals surface area contributed by atoms with Crippen molar-refractivity contribution in [2.75, 3.05) is 5.32 Å². The van der Waals surface area contributed by atoms with Crippen LogP contribution < -0.4 is 11.1 Å². The monoisotopic (exact) mass is 313 g/mol. The van der Waals surface area contributed by atoms with Crippen LogP contribution in [0.2, 0.25) is 0 Å². The minimum absolute atomic E-state index is 0.0155. The lowest BCUT2D eigenvalue weighted by Crippen LogP contribution is -2.34. The van der Waals surface area contributed by atoms with Crippen molar-refractivity contribution in [2.24, 2.45) is 11.7 Å². The molecule has 1 saturated carbocycles. The predicted octanol–water partition coefficient (Wildman–Crippen LogP) is 2.42. The predicted molar refractivity (Wildman–Crippen MR) is 89.7 cm³/mol. The van der Waals surface area contributed by atoms with Gasteiger partial charge in [-0.3, -0.25) is 4.79 Å². The van der Waals surface area contributed by atoms with Crippen LogP contribution in [0.4, 0.5) is 5.69 Å². The maximum absolute atomic E-state index is 12.4. The lowest BCUT2D eigenvalue weighted by atomic mass is 9.85. The molecular weight excluding hydrogens is 290 g/mol. The second-order valence-corrected chi connectivity index (χ2v) is 6.13. The van der Waals surface area contributed by atoms with Crippen molar-refractivity contribution in [3.8, 4) is 11.4 Å². The largest absolute Gasteiger partial charge is 0.328 e. The number of aromatic nitrogens is 3. The molecule has 2 aromatic rings. The highest BCUT2D eigenvalue weighted by Crippen LogP contribution is 2.26. The first kappa shape index (κ1) is 15.7. The van der Waals surface area contributed by atoms with Gasteiger partial charge in [-0.1, -0.05) is 18.6 Å². The number of amides is 1. The zero-order chi connectivity index (χ0) is 16.2. The van der Waals surface area contributed by atoms with Gasteiger partial charge in [0.1, 0.15) is 6.33 Å². The maximum atomic E-state index is 12.4. The van der Waals surface area contributed by atoms with E-state index in [0.29, 0.717) is 0 Å². The zero-order valence-corrected chi connectivity index (χ0v) is 13.4. The third kappa shape index (κ3) is 3.59. The minimum atomic E-state index is 0.0155. The van der Waals surface area contributed by atoms with Gasteiger partial charge in [-0.25, -0.2) is 0 Å². The molecule has 0 radical (unpaired) electrons. The lowest BCUT2D eigenvalue weighted by molar-refractivity contribution is -0.120. The molecular formula is C17H23N5O. The molecule has 1 fully saturated rings. The van der Waals surface area contributed by atoms with Crippen molar-refractivity contribution in [1.29, 1.82) is 0 Å². The van der Waals surface area contributed by atoms with Gasteiger partial charge in [-0.05, 0) is 38.3 Å². The molecule has 1 aliphatic carbocycles. The quantitative estimate of drug-likeness (QED) is 0.907. The summed E-state index contributed by atoms with van der Waals surface area (Å²) in [6.45, 7) is 2.85. The fraction of sp³-hybridized carbons (Fsp3) is 0.471. The molecule has 1 aromatic heterocycles. The zero-order valence-electron chi connectivity index (χ0n) is 13.4. The Kier molecular flexibility index (Phi) is 4.71. The van der Waals surface area contributed by atoms with E-state index in [4.69, 9.17) is 5.73 Å². The summed E-state index contributed by atoms with van der Waals surface area (Å²) in [6.07, 6.45) is 5.45. The topological polar surface area (TPSA) is 85.8 Å². The van der Waals surface area contributed by atoms with E-state index < -0.39 is 0 Å². The highest BCUT2D eigenvalue weighted by atomic mass is 16.1. The molecule has 1 amide bonds. The van der Waals surface area contributed by atoms with Gasteiger partial charge in [-0.15, -0.1) is 10.2 Å². The van der Waals surface area contributed by atoms with Gasteiger partial charge >= 0.3 is 0 Å². The number of aryl methyl sites for hydroxylation is 1. The van der Waals surface area contributed by atoms with Crippen molar-refractivity contribution in [1.82, 2.24) is 14.8 Å². The third-order valence-corrected chi connectivity index (χ3v) is 4.43. The molecule has 0 saturated heterocycles. The van der Waals surface area contributed by atoms with Gasteiger partial charge in [0.25, 0.3) is 0 Å².